The van der Waals surface area contributed by atoms with E-state index in [0.29, 0.717) is 13.0 Å². The summed E-state index contributed by atoms with van der Waals surface area (Å²) in [7, 11) is 3.32. The molecule has 1 unspecified atom stereocenters. The largest absolute Gasteiger partial charge is 0.385 e. The van der Waals surface area contributed by atoms with Crippen molar-refractivity contribution in [3.63, 3.8) is 0 Å². The third-order valence-electron chi connectivity index (χ3n) is 2.59. The SMILES string of the molecule is COCCC(C)(C)NC(=O)CCC(C)OC. The fraction of sp³-hybridized carbons (Fsp3) is 0.917. The number of rotatable bonds is 8. The molecule has 0 saturated heterocycles. The molecule has 0 radical (unpaired) electrons. The highest BCUT2D eigenvalue weighted by atomic mass is 16.5. The topological polar surface area (TPSA) is 47.6 Å². The minimum Gasteiger partial charge on any atom is -0.385 e. The molecule has 0 heterocycles. The molecule has 0 rings (SSSR count). The van der Waals surface area contributed by atoms with E-state index in [-0.39, 0.29) is 17.6 Å². The smallest absolute Gasteiger partial charge is 0.220 e. The molecular weight excluding hydrogens is 206 g/mol. The van der Waals surface area contributed by atoms with Crippen LogP contribution in [-0.4, -0.2) is 38.4 Å². The number of carbonyl (C=O) groups excluding carboxylic acids is 1. The van der Waals surface area contributed by atoms with Crippen LogP contribution >= 0.6 is 0 Å². The molecule has 0 spiro atoms. The van der Waals surface area contributed by atoms with E-state index in [1.54, 1.807) is 14.2 Å². The van der Waals surface area contributed by atoms with Gasteiger partial charge in [0, 0.05) is 32.8 Å². The van der Waals surface area contributed by atoms with Crippen molar-refractivity contribution in [3.05, 3.63) is 0 Å². The molecule has 0 saturated carbocycles. The van der Waals surface area contributed by atoms with Crippen LogP contribution in [0.1, 0.15) is 40.0 Å². The summed E-state index contributed by atoms with van der Waals surface area (Å²) in [5.41, 5.74) is -0.205. The first-order valence-electron chi connectivity index (χ1n) is 5.74. The van der Waals surface area contributed by atoms with Gasteiger partial charge in [-0.25, -0.2) is 0 Å². The van der Waals surface area contributed by atoms with Crippen molar-refractivity contribution >= 4 is 5.91 Å². The van der Waals surface area contributed by atoms with Crippen molar-refractivity contribution in [1.29, 1.82) is 0 Å². The second-order valence-electron chi connectivity index (χ2n) is 4.76. The van der Waals surface area contributed by atoms with Gasteiger partial charge in [-0.1, -0.05) is 0 Å². The van der Waals surface area contributed by atoms with Crippen LogP contribution in [0, 0.1) is 0 Å². The normalized spacial score (nSPS) is 13.6. The monoisotopic (exact) mass is 231 g/mol. The van der Waals surface area contributed by atoms with Gasteiger partial charge < -0.3 is 14.8 Å². The Balaban J connectivity index is 3.84. The second kappa shape index (κ2) is 7.63. The van der Waals surface area contributed by atoms with Crippen LogP contribution in [-0.2, 0) is 14.3 Å². The fourth-order valence-corrected chi connectivity index (χ4v) is 1.31. The van der Waals surface area contributed by atoms with E-state index in [4.69, 9.17) is 9.47 Å². The fourth-order valence-electron chi connectivity index (χ4n) is 1.31. The number of nitrogens with one attached hydrogen (secondary N) is 1. The minimum atomic E-state index is -0.205. The van der Waals surface area contributed by atoms with E-state index >= 15 is 0 Å². The molecule has 0 aromatic rings. The molecule has 4 nitrogen and oxygen atoms in total. The zero-order chi connectivity index (χ0) is 12.6. The van der Waals surface area contributed by atoms with Gasteiger partial charge >= 0.3 is 0 Å². The molecule has 1 amide bonds. The highest BCUT2D eigenvalue weighted by molar-refractivity contribution is 5.76. The van der Waals surface area contributed by atoms with E-state index in [1.165, 1.54) is 0 Å². The van der Waals surface area contributed by atoms with Gasteiger partial charge in [-0.05, 0) is 33.6 Å². The van der Waals surface area contributed by atoms with Gasteiger partial charge in [0.1, 0.15) is 0 Å². The number of methoxy groups -OCH3 is 2. The Kier molecular flexibility index (Phi) is 7.34. The summed E-state index contributed by atoms with van der Waals surface area (Å²) in [6, 6.07) is 0. The predicted octanol–water partition coefficient (Wildman–Crippen LogP) is 1.73. The maximum absolute atomic E-state index is 11.6. The Labute approximate surface area is 98.7 Å². The van der Waals surface area contributed by atoms with Crippen molar-refractivity contribution < 1.29 is 14.3 Å². The van der Waals surface area contributed by atoms with Gasteiger partial charge in [0.15, 0.2) is 0 Å². The van der Waals surface area contributed by atoms with Crippen molar-refractivity contribution in [2.24, 2.45) is 0 Å². The zero-order valence-corrected chi connectivity index (χ0v) is 11.1. The summed E-state index contributed by atoms with van der Waals surface area (Å²) in [4.78, 5) is 11.6. The van der Waals surface area contributed by atoms with Crippen LogP contribution in [0.4, 0.5) is 0 Å². The first kappa shape index (κ1) is 15.4. The highest BCUT2D eigenvalue weighted by Crippen LogP contribution is 2.09. The summed E-state index contributed by atoms with van der Waals surface area (Å²) < 4.78 is 10.1. The average molecular weight is 231 g/mol. The summed E-state index contributed by atoms with van der Waals surface area (Å²) >= 11 is 0. The molecule has 1 atom stereocenters. The Hall–Kier alpha value is -0.610. The molecule has 96 valence electrons. The van der Waals surface area contributed by atoms with Crippen LogP contribution in [0.3, 0.4) is 0 Å². The van der Waals surface area contributed by atoms with Crippen LogP contribution < -0.4 is 5.32 Å². The molecule has 16 heavy (non-hydrogen) atoms. The van der Waals surface area contributed by atoms with Crippen LogP contribution in [0.5, 0.6) is 0 Å². The number of hydrogen-bond donors (Lipinski definition) is 1. The molecule has 0 bridgehead atoms. The number of ether oxygens (including phenoxy) is 2. The summed E-state index contributed by atoms with van der Waals surface area (Å²) in [5.74, 6) is 0.0741. The van der Waals surface area contributed by atoms with Crippen molar-refractivity contribution in [1.82, 2.24) is 5.32 Å². The molecule has 0 aliphatic heterocycles. The van der Waals surface area contributed by atoms with Crippen molar-refractivity contribution in [3.8, 4) is 0 Å². The van der Waals surface area contributed by atoms with E-state index < -0.39 is 0 Å². The molecule has 0 aromatic heterocycles. The summed E-state index contributed by atoms with van der Waals surface area (Å²) in [6.45, 7) is 6.62. The molecular formula is C12H25NO3. The lowest BCUT2D eigenvalue weighted by Gasteiger charge is -2.26. The number of amides is 1. The first-order valence-corrected chi connectivity index (χ1v) is 5.74. The average Bonchev–Trinajstić information content (AvgIpc) is 2.22. The lowest BCUT2D eigenvalue weighted by molar-refractivity contribution is -0.123. The van der Waals surface area contributed by atoms with Crippen LogP contribution in [0.2, 0.25) is 0 Å². The Morgan fingerprint density at radius 3 is 2.50 bits per heavy atom. The van der Waals surface area contributed by atoms with Crippen molar-refractivity contribution in [2.45, 2.75) is 51.7 Å². The van der Waals surface area contributed by atoms with Gasteiger partial charge in [0.25, 0.3) is 0 Å². The molecule has 0 fully saturated rings. The minimum absolute atomic E-state index is 0.0741. The van der Waals surface area contributed by atoms with Crippen molar-refractivity contribution in [2.75, 3.05) is 20.8 Å². The highest BCUT2D eigenvalue weighted by Gasteiger charge is 2.19. The quantitative estimate of drug-likeness (QED) is 0.692. The van der Waals surface area contributed by atoms with E-state index in [9.17, 15) is 4.79 Å². The maximum Gasteiger partial charge on any atom is 0.220 e. The van der Waals surface area contributed by atoms with E-state index in [2.05, 4.69) is 5.32 Å². The zero-order valence-electron chi connectivity index (χ0n) is 11.1. The third kappa shape index (κ3) is 7.65. The summed E-state index contributed by atoms with van der Waals surface area (Å²) in [5, 5.41) is 3.00. The van der Waals surface area contributed by atoms with Gasteiger partial charge in [-0.15, -0.1) is 0 Å². The maximum atomic E-state index is 11.6. The molecule has 0 aromatic carbocycles. The first-order chi connectivity index (χ1) is 7.41. The molecule has 1 N–H and O–H groups in total. The Morgan fingerprint density at radius 1 is 1.38 bits per heavy atom. The number of carbonyl (C=O) groups is 1. The third-order valence-corrected chi connectivity index (χ3v) is 2.59. The summed E-state index contributed by atoms with van der Waals surface area (Å²) in [6.07, 6.45) is 2.20. The Bertz CT molecular complexity index is 204. The molecule has 0 aliphatic rings. The van der Waals surface area contributed by atoms with Gasteiger partial charge in [-0.3, -0.25) is 4.79 Å². The molecule has 4 heteroatoms. The van der Waals surface area contributed by atoms with E-state index in [0.717, 1.165) is 12.8 Å². The number of hydrogen-bond acceptors (Lipinski definition) is 3. The lowest BCUT2D eigenvalue weighted by atomic mass is 10.0. The van der Waals surface area contributed by atoms with Crippen LogP contribution in [0.15, 0.2) is 0 Å². The van der Waals surface area contributed by atoms with Gasteiger partial charge in [0.05, 0.1) is 6.10 Å². The second-order valence-corrected chi connectivity index (χ2v) is 4.76. The van der Waals surface area contributed by atoms with E-state index in [1.807, 2.05) is 20.8 Å². The standard InChI is InChI=1S/C12H25NO3/c1-10(16-5)6-7-11(14)13-12(2,3)8-9-15-4/h10H,6-9H2,1-5H3,(H,13,14). The Morgan fingerprint density at radius 2 is 2.00 bits per heavy atom. The van der Waals surface area contributed by atoms with Gasteiger partial charge in [0.2, 0.25) is 5.91 Å². The van der Waals surface area contributed by atoms with Gasteiger partial charge in [-0.2, -0.15) is 0 Å². The lowest BCUT2D eigenvalue weighted by Crippen LogP contribution is -2.44. The predicted molar refractivity (Wildman–Crippen MR) is 64.4 cm³/mol. The van der Waals surface area contributed by atoms with Crippen LogP contribution in [0.25, 0.3) is 0 Å². The molecule has 0 aliphatic carbocycles.